The van der Waals surface area contributed by atoms with Gasteiger partial charge in [0.2, 0.25) is 0 Å². The number of nitrogens with one attached hydrogen (secondary N) is 1. The van der Waals surface area contributed by atoms with Gasteiger partial charge in [-0.2, -0.15) is 0 Å². The molecule has 0 unspecified atom stereocenters. The molecule has 8 heteroatoms. The first-order valence-corrected chi connectivity index (χ1v) is 5.65. The highest BCUT2D eigenvalue weighted by molar-refractivity contribution is 6.30. The molecule has 7 nitrogen and oxygen atoms in total. The van der Waals surface area contributed by atoms with E-state index in [-0.39, 0.29) is 23.6 Å². The van der Waals surface area contributed by atoms with Crippen LogP contribution in [0.4, 0.5) is 0 Å². The van der Waals surface area contributed by atoms with E-state index in [0.717, 1.165) is 0 Å². The Kier molecular flexibility index (Phi) is 5.25. The van der Waals surface area contributed by atoms with E-state index >= 15 is 0 Å². The lowest BCUT2D eigenvalue weighted by molar-refractivity contribution is -0.140. The fourth-order valence-electron chi connectivity index (χ4n) is 1.29. The molecule has 1 aromatic heterocycles. The number of carboxylic acids is 2. The van der Waals surface area contributed by atoms with Crippen molar-refractivity contribution in [2.24, 2.45) is 0 Å². The Labute approximate surface area is 113 Å². The highest BCUT2D eigenvalue weighted by atomic mass is 35.5. The van der Waals surface area contributed by atoms with E-state index in [1.807, 2.05) is 0 Å². The number of aromatic nitrogens is 1. The molecule has 0 aliphatic heterocycles. The summed E-state index contributed by atoms with van der Waals surface area (Å²) in [6.07, 6.45) is 0.738. The molecular weight excluding hydrogens is 276 g/mol. The Hall–Kier alpha value is -2.15. The van der Waals surface area contributed by atoms with Gasteiger partial charge in [0.15, 0.2) is 0 Å². The lowest BCUT2D eigenvalue weighted by Gasteiger charge is -2.13. The van der Waals surface area contributed by atoms with Gasteiger partial charge < -0.3 is 15.5 Å². The third kappa shape index (κ3) is 4.92. The van der Waals surface area contributed by atoms with Crippen LogP contribution in [0.5, 0.6) is 0 Å². The molecule has 102 valence electrons. The van der Waals surface area contributed by atoms with Gasteiger partial charge in [-0.05, 0) is 18.6 Å². The van der Waals surface area contributed by atoms with E-state index in [4.69, 9.17) is 21.8 Å². The Morgan fingerprint density at radius 3 is 2.58 bits per heavy atom. The van der Waals surface area contributed by atoms with Crippen molar-refractivity contribution in [3.8, 4) is 0 Å². The maximum Gasteiger partial charge on any atom is 0.326 e. The van der Waals surface area contributed by atoms with Gasteiger partial charge in [-0.25, -0.2) is 4.79 Å². The van der Waals surface area contributed by atoms with Crippen LogP contribution < -0.4 is 5.32 Å². The van der Waals surface area contributed by atoms with Gasteiger partial charge in [-0.15, -0.1) is 0 Å². The van der Waals surface area contributed by atoms with Gasteiger partial charge in [0.1, 0.15) is 11.7 Å². The van der Waals surface area contributed by atoms with E-state index in [1.54, 1.807) is 0 Å². The third-order valence-corrected chi connectivity index (χ3v) is 2.44. The summed E-state index contributed by atoms with van der Waals surface area (Å²) < 4.78 is 0. The van der Waals surface area contributed by atoms with Crippen LogP contribution in [0.3, 0.4) is 0 Å². The number of halogens is 1. The average molecular weight is 287 g/mol. The third-order valence-electron chi connectivity index (χ3n) is 2.20. The van der Waals surface area contributed by atoms with Crippen LogP contribution in [0.1, 0.15) is 23.3 Å². The zero-order valence-electron chi connectivity index (χ0n) is 9.67. The van der Waals surface area contributed by atoms with E-state index in [9.17, 15) is 14.4 Å². The highest BCUT2D eigenvalue weighted by Crippen LogP contribution is 2.08. The summed E-state index contributed by atoms with van der Waals surface area (Å²) >= 11 is 5.68. The fraction of sp³-hybridized carbons (Fsp3) is 0.273. The van der Waals surface area contributed by atoms with Crippen LogP contribution in [-0.2, 0) is 9.59 Å². The maximum absolute atomic E-state index is 11.7. The summed E-state index contributed by atoms with van der Waals surface area (Å²) in [6, 6.07) is 1.47. The van der Waals surface area contributed by atoms with Gasteiger partial charge in [0.05, 0.1) is 0 Å². The summed E-state index contributed by atoms with van der Waals surface area (Å²) in [4.78, 5) is 36.7. The molecule has 1 amide bonds. The topological polar surface area (TPSA) is 117 Å². The van der Waals surface area contributed by atoms with Gasteiger partial charge in [0, 0.05) is 17.6 Å². The molecular formula is C11H11ClN2O5. The van der Waals surface area contributed by atoms with Gasteiger partial charge >= 0.3 is 11.9 Å². The zero-order valence-corrected chi connectivity index (χ0v) is 10.4. The maximum atomic E-state index is 11.7. The van der Waals surface area contributed by atoms with E-state index in [0.29, 0.717) is 0 Å². The molecule has 1 aromatic rings. The highest BCUT2D eigenvalue weighted by Gasteiger charge is 2.22. The first-order valence-electron chi connectivity index (χ1n) is 5.27. The van der Waals surface area contributed by atoms with E-state index in [2.05, 4.69) is 10.3 Å². The summed E-state index contributed by atoms with van der Waals surface area (Å²) in [6.45, 7) is 0. The molecule has 0 bridgehead atoms. The standard InChI is InChI=1S/C11H11ClN2O5/c12-6-3-4-13-8(5-6)10(17)14-7(11(18)19)1-2-9(15)16/h3-5,7H,1-2H2,(H,14,17)(H,15,16)(H,18,19)/t7-/m0/s1. The number of nitrogens with zero attached hydrogens (tertiary/aromatic N) is 1. The van der Waals surface area contributed by atoms with Crippen LogP contribution >= 0.6 is 11.6 Å². The molecule has 19 heavy (non-hydrogen) atoms. The Balaban J connectivity index is 2.71. The largest absolute Gasteiger partial charge is 0.481 e. The molecule has 0 saturated heterocycles. The zero-order chi connectivity index (χ0) is 14.4. The van der Waals surface area contributed by atoms with Crippen molar-refractivity contribution < 1.29 is 24.6 Å². The number of amides is 1. The normalized spacial score (nSPS) is 11.6. The van der Waals surface area contributed by atoms with Crippen molar-refractivity contribution in [1.29, 1.82) is 0 Å². The van der Waals surface area contributed by atoms with Gasteiger partial charge in [-0.1, -0.05) is 11.6 Å². The number of hydrogen-bond donors (Lipinski definition) is 3. The van der Waals surface area contributed by atoms with Crippen molar-refractivity contribution in [2.45, 2.75) is 18.9 Å². The number of aliphatic carboxylic acids is 2. The van der Waals surface area contributed by atoms with Crippen molar-refractivity contribution in [3.63, 3.8) is 0 Å². The van der Waals surface area contributed by atoms with Crippen molar-refractivity contribution in [1.82, 2.24) is 10.3 Å². The molecule has 0 radical (unpaired) electrons. The smallest absolute Gasteiger partial charge is 0.326 e. The van der Waals surface area contributed by atoms with Crippen LogP contribution in [-0.4, -0.2) is 39.1 Å². The number of pyridine rings is 1. The Morgan fingerprint density at radius 1 is 1.37 bits per heavy atom. The summed E-state index contributed by atoms with van der Waals surface area (Å²) in [5.41, 5.74) is -0.0333. The molecule has 3 N–H and O–H groups in total. The number of rotatable bonds is 6. The Bertz CT molecular complexity index is 506. The molecule has 1 rings (SSSR count). The molecule has 0 fully saturated rings. The summed E-state index contributed by atoms with van der Waals surface area (Å²) in [5.74, 6) is -3.17. The first-order chi connectivity index (χ1) is 8.90. The van der Waals surface area contributed by atoms with Gasteiger partial charge in [0.25, 0.3) is 5.91 Å². The van der Waals surface area contributed by atoms with E-state index in [1.165, 1.54) is 18.3 Å². The second kappa shape index (κ2) is 6.69. The quantitative estimate of drug-likeness (QED) is 0.711. The lowest BCUT2D eigenvalue weighted by Crippen LogP contribution is -2.41. The Morgan fingerprint density at radius 2 is 2.05 bits per heavy atom. The average Bonchev–Trinajstić information content (AvgIpc) is 2.33. The van der Waals surface area contributed by atoms with Crippen molar-refractivity contribution in [2.75, 3.05) is 0 Å². The monoisotopic (exact) mass is 286 g/mol. The first kappa shape index (κ1) is 14.9. The van der Waals surface area contributed by atoms with Crippen molar-refractivity contribution in [3.05, 3.63) is 29.0 Å². The predicted molar refractivity (Wildman–Crippen MR) is 65.0 cm³/mol. The summed E-state index contributed by atoms with van der Waals surface area (Å²) in [5, 5.41) is 19.9. The molecule has 0 aliphatic carbocycles. The minimum absolute atomic E-state index is 0.0333. The van der Waals surface area contributed by atoms with Crippen LogP contribution in [0, 0.1) is 0 Å². The number of carboxylic acid groups (broad SMARTS) is 2. The summed E-state index contributed by atoms with van der Waals surface area (Å²) in [7, 11) is 0. The molecule has 0 aromatic carbocycles. The number of carbonyl (C=O) groups is 3. The number of carbonyl (C=O) groups excluding carboxylic acids is 1. The second-order valence-electron chi connectivity index (χ2n) is 3.66. The molecule has 0 aliphatic rings. The number of hydrogen-bond acceptors (Lipinski definition) is 4. The SMILES string of the molecule is O=C(O)CC[C@H](NC(=O)c1cc(Cl)ccn1)C(=O)O. The van der Waals surface area contributed by atoms with E-state index < -0.39 is 23.9 Å². The van der Waals surface area contributed by atoms with Gasteiger partial charge in [-0.3, -0.25) is 14.6 Å². The van der Waals surface area contributed by atoms with Crippen molar-refractivity contribution >= 4 is 29.4 Å². The van der Waals surface area contributed by atoms with Crippen LogP contribution in [0.25, 0.3) is 0 Å². The minimum Gasteiger partial charge on any atom is -0.481 e. The molecule has 0 saturated carbocycles. The molecule has 1 heterocycles. The molecule has 0 spiro atoms. The van der Waals surface area contributed by atoms with Crippen LogP contribution in [0.15, 0.2) is 18.3 Å². The second-order valence-corrected chi connectivity index (χ2v) is 4.09. The minimum atomic E-state index is -1.31. The molecule has 1 atom stereocenters. The van der Waals surface area contributed by atoms with Crippen LogP contribution in [0.2, 0.25) is 5.02 Å². The predicted octanol–water partition coefficient (Wildman–Crippen LogP) is 0.783. The lowest BCUT2D eigenvalue weighted by atomic mass is 10.1. The fourth-order valence-corrected chi connectivity index (χ4v) is 1.45.